The molecule has 0 aromatic carbocycles. The minimum atomic E-state index is 0.223. The normalized spacial score (nSPS) is 27.5. The smallest absolute Gasteiger partial charge is 0.144 e. The van der Waals surface area contributed by atoms with Gasteiger partial charge in [-0.1, -0.05) is 19.8 Å². The van der Waals surface area contributed by atoms with Crippen molar-refractivity contribution in [2.24, 2.45) is 5.92 Å². The van der Waals surface area contributed by atoms with Crippen molar-refractivity contribution in [2.75, 3.05) is 31.7 Å². The molecule has 0 radical (unpaired) electrons. The van der Waals surface area contributed by atoms with Gasteiger partial charge in [0.25, 0.3) is 0 Å². The van der Waals surface area contributed by atoms with Crippen LogP contribution in [0.5, 0.6) is 0 Å². The molecule has 0 spiro atoms. The van der Waals surface area contributed by atoms with Gasteiger partial charge in [0, 0.05) is 12.1 Å². The highest BCUT2D eigenvalue weighted by Crippen LogP contribution is 2.35. The summed E-state index contributed by atoms with van der Waals surface area (Å²) in [7, 11) is 4.35. The van der Waals surface area contributed by atoms with Gasteiger partial charge in [-0.05, 0) is 32.9 Å². The molecule has 0 amide bonds. The Morgan fingerprint density at radius 3 is 2.79 bits per heavy atom. The summed E-state index contributed by atoms with van der Waals surface area (Å²) in [5.41, 5.74) is 5.77. The number of rotatable bonds is 4. The number of hydrogen-bond donors (Lipinski definition) is 2. The van der Waals surface area contributed by atoms with Gasteiger partial charge in [0.05, 0.1) is 12.4 Å². The second kappa shape index (κ2) is 5.74. The number of nitrogen functional groups attached to an aromatic ring is 1. The van der Waals surface area contributed by atoms with Crippen LogP contribution in [0.4, 0.5) is 11.6 Å². The van der Waals surface area contributed by atoms with E-state index >= 15 is 0 Å². The molecule has 1 aliphatic rings. The van der Waals surface area contributed by atoms with Crippen molar-refractivity contribution in [1.82, 2.24) is 14.9 Å². The molecule has 3 N–H and O–H groups in total. The topological polar surface area (TPSA) is 67.1 Å². The zero-order chi connectivity index (χ0) is 13.9. The molecule has 5 nitrogen and oxygen atoms in total. The third-order valence-corrected chi connectivity index (χ3v) is 4.29. The molecule has 2 rings (SSSR count). The fourth-order valence-electron chi connectivity index (χ4n) is 3.04. The molecule has 5 heteroatoms. The van der Waals surface area contributed by atoms with Crippen LogP contribution in [0, 0.1) is 5.92 Å². The summed E-state index contributed by atoms with van der Waals surface area (Å²) < 4.78 is 0. The van der Waals surface area contributed by atoms with Gasteiger partial charge in [0.15, 0.2) is 0 Å². The lowest BCUT2D eigenvalue weighted by Crippen LogP contribution is -2.52. The first-order valence-corrected chi connectivity index (χ1v) is 7.01. The third-order valence-electron chi connectivity index (χ3n) is 4.29. The SMILES string of the molecule is CC1CCCC(CNc2cnc(N)cn2)(N(C)C)C1. The van der Waals surface area contributed by atoms with Crippen molar-refractivity contribution in [2.45, 2.75) is 38.1 Å². The summed E-state index contributed by atoms with van der Waals surface area (Å²) in [5, 5.41) is 3.41. The van der Waals surface area contributed by atoms with Gasteiger partial charge >= 0.3 is 0 Å². The van der Waals surface area contributed by atoms with Crippen LogP contribution in [-0.2, 0) is 0 Å². The van der Waals surface area contributed by atoms with Crippen LogP contribution >= 0.6 is 0 Å². The summed E-state index contributed by atoms with van der Waals surface area (Å²) in [6.45, 7) is 3.25. The Hall–Kier alpha value is -1.36. The van der Waals surface area contributed by atoms with E-state index < -0.39 is 0 Å². The first-order valence-electron chi connectivity index (χ1n) is 7.01. The maximum absolute atomic E-state index is 5.55. The molecule has 2 unspecified atom stereocenters. The average molecular weight is 263 g/mol. The maximum Gasteiger partial charge on any atom is 0.144 e. The Morgan fingerprint density at radius 1 is 1.42 bits per heavy atom. The molecule has 1 aliphatic carbocycles. The fraction of sp³-hybridized carbons (Fsp3) is 0.714. The minimum Gasteiger partial charge on any atom is -0.382 e. The number of aromatic nitrogens is 2. The molecule has 1 saturated carbocycles. The second-order valence-electron chi connectivity index (χ2n) is 6.00. The van der Waals surface area contributed by atoms with Crippen molar-refractivity contribution in [3.8, 4) is 0 Å². The predicted octanol–water partition coefficient (Wildman–Crippen LogP) is 1.98. The quantitative estimate of drug-likeness (QED) is 0.869. The molecular weight excluding hydrogens is 238 g/mol. The van der Waals surface area contributed by atoms with E-state index in [0.717, 1.165) is 18.3 Å². The Balaban J connectivity index is 2.03. The van der Waals surface area contributed by atoms with E-state index in [2.05, 4.69) is 41.2 Å². The van der Waals surface area contributed by atoms with E-state index in [1.54, 1.807) is 12.4 Å². The van der Waals surface area contributed by atoms with Crippen molar-refractivity contribution >= 4 is 11.6 Å². The highest BCUT2D eigenvalue weighted by molar-refractivity contribution is 5.36. The number of nitrogens with two attached hydrogens (primary N) is 1. The third kappa shape index (κ3) is 3.35. The molecule has 1 heterocycles. The molecule has 0 aliphatic heterocycles. The van der Waals surface area contributed by atoms with Gasteiger partial charge in [-0.2, -0.15) is 0 Å². The molecule has 2 atom stereocenters. The van der Waals surface area contributed by atoms with E-state index in [9.17, 15) is 0 Å². The first kappa shape index (κ1) is 14.1. The van der Waals surface area contributed by atoms with Crippen molar-refractivity contribution < 1.29 is 0 Å². The Morgan fingerprint density at radius 2 is 2.21 bits per heavy atom. The molecule has 0 bridgehead atoms. The molecule has 19 heavy (non-hydrogen) atoms. The number of anilines is 2. The second-order valence-corrected chi connectivity index (χ2v) is 6.00. The van der Waals surface area contributed by atoms with E-state index in [0.29, 0.717) is 5.82 Å². The molecule has 1 aromatic rings. The van der Waals surface area contributed by atoms with E-state index in [1.807, 2.05) is 0 Å². The van der Waals surface area contributed by atoms with Crippen LogP contribution in [0.3, 0.4) is 0 Å². The largest absolute Gasteiger partial charge is 0.382 e. The van der Waals surface area contributed by atoms with Crippen molar-refractivity contribution in [3.63, 3.8) is 0 Å². The molecular formula is C14H25N5. The zero-order valence-electron chi connectivity index (χ0n) is 12.2. The van der Waals surface area contributed by atoms with Crippen LogP contribution in [0.15, 0.2) is 12.4 Å². The summed E-state index contributed by atoms with van der Waals surface area (Å²) >= 11 is 0. The summed E-state index contributed by atoms with van der Waals surface area (Å²) in [4.78, 5) is 10.7. The lowest BCUT2D eigenvalue weighted by Gasteiger charge is -2.45. The molecule has 0 saturated heterocycles. The van der Waals surface area contributed by atoms with Gasteiger partial charge in [0.1, 0.15) is 11.6 Å². The predicted molar refractivity (Wildman–Crippen MR) is 79.0 cm³/mol. The lowest BCUT2D eigenvalue weighted by atomic mass is 9.75. The molecule has 1 fully saturated rings. The fourth-order valence-corrected chi connectivity index (χ4v) is 3.04. The number of nitrogens with zero attached hydrogens (tertiary/aromatic N) is 3. The van der Waals surface area contributed by atoms with Crippen molar-refractivity contribution in [1.29, 1.82) is 0 Å². The van der Waals surface area contributed by atoms with Crippen LogP contribution in [0.1, 0.15) is 32.6 Å². The van der Waals surface area contributed by atoms with Crippen LogP contribution in [0.2, 0.25) is 0 Å². The standard InChI is InChI=1S/C14H25N5/c1-11-5-4-6-14(7-11,19(2)3)10-18-13-9-16-12(15)8-17-13/h8-9,11H,4-7,10H2,1-3H3,(H2,15,16)(H,17,18). The average Bonchev–Trinajstić information content (AvgIpc) is 2.38. The monoisotopic (exact) mass is 263 g/mol. The molecule has 106 valence electrons. The van der Waals surface area contributed by atoms with Crippen LogP contribution in [0.25, 0.3) is 0 Å². The highest BCUT2D eigenvalue weighted by atomic mass is 15.2. The van der Waals surface area contributed by atoms with Crippen molar-refractivity contribution in [3.05, 3.63) is 12.4 Å². The lowest BCUT2D eigenvalue weighted by molar-refractivity contribution is 0.0881. The summed E-state index contributed by atoms with van der Waals surface area (Å²) in [6.07, 6.45) is 8.40. The molecule has 1 aromatic heterocycles. The maximum atomic E-state index is 5.55. The van der Waals surface area contributed by atoms with Gasteiger partial charge < -0.3 is 16.0 Å². The van der Waals surface area contributed by atoms with Gasteiger partial charge in [-0.3, -0.25) is 0 Å². The number of hydrogen-bond acceptors (Lipinski definition) is 5. The Labute approximate surface area is 115 Å². The number of likely N-dealkylation sites (N-methyl/N-ethyl adjacent to an activating group) is 1. The Kier molecular flexibility index (Phi) is 4.24. The van der Waals surface area contributed by atoms with E-state index in [-0.39, 0.29) is 5.54 Å². The van der Waals surface area contributed by atoms with Gasteiger partial charge in [0.2, 0.25) is 0 Å². The van der Waals surface area contributed by atoms with Crippen LogP contribution < -0.4 is 11.1 Å². The summed E-state index contributed by atoms with van der Waals surface area (Å²) in [6, 6.07) is 0. The first-order chi connectivity index (χ1) is 9.02. The zero-order valence-corrected chi connectivity index (χ0v) is 12.2. The van der Waals surface area contributed by atoms with Crippen LogP contribution in [-0.4, -0.2) is 41.0 Å². The highest BCUT2D eigenvalue weighted by Gasteiger charge is 2.36. The summed E-state index contributed by atoms with van der Waals surface area (Å²) in [5.74, 6) is 2.04. The van der Waals surface area contributed by atoms with E-state index in [4.69, 9.17) is 5.73 Å². The van der Waals surface area contributed by atoms with Gasteiger partial charge in [-0.15, -0.1) is 0 Å². The minimum absolute atomic E-state index is 0.223. The van der Waals surface area contributed by atoms with E-state index in [1.165, 1.54) is 25.7 Å². The Bertz CT molecular complexity index is 403. The van der Waals surface area contributed by atoms with Gasteiger partial charge in [-0.25, -0.2) is 9.97 Å². The number of nitrogens with one attached hydrogen (secondary N) is 1.